The molecule has 1 aromatic carbocycles. The summed E-state index contributed by atoms with van der Waals surface area (Å²) < 4.78 is 5.36. The number of carbonyl (C=O) groups excluding carboxylic acids is 2. The van der Waals surface area contributed by atoms with E-state index >= 15 is 0 Å². The van der Waals surface area contributed by atoms with Crippen molar-refractivity contribution in [3.63, 3.8) is 0 Å². The molecule has 3 rings (SSSR count). The van der Waals surface area contributed by atoms with Gasteiger partial charge in [-0.15, -0.1) is 0 Å². The van der Waals surface area contributed by atoms with E-state index in [1.807, 2.05) is 6.92 Å². The molecular formula is C18H16N2O4. The fourth-order valence-electron chi connectivity index (χ4n) is 2.59. The maximum Gasteiger partial charge on any atom is 0.293 e. The quantitative estimate of drug-likeness (QED) is 0.511. The summed E-state index contributed by atoms with van der Waals surface area (Å²) in [5.41, 5.74) is 1.09. The number of ether oxygens (including phenoxy) is 1. The molecule has 0 radical (unpaired) electrons. The molecule has 0 aliphatic carbocycles. The first-order chi connectivity index (χ1) is 11.6. The molecule has 1 atom stereocenters. The number of aliphatic hydroxyl groups is 1. The van der Waals surface area contributed by atoms with Crippen LogP contribution in [0.3, 0.4) is 0 Å². The monoisotopic (exact) mass is 324 g/mol. The summed E-state index contributed by atoms with van der Waals surface area (Å²) in [7, 11) is 0. The number of aromatic nitrogens is 1. The van der Waals surface area contributed by atoms with Gasteiger partial charge in [-0.25, -0.2) is 0 Å². The van der Waals surface area contributed by atoms with E-state index in [-0.39, 0.29) is 11.3 Å². The molecule has 1 amide bonds. The van der Waals surface area contributed by atoms with Crippen molar-refractivity contribution in [1.29, 1.82) is 0 Å². The number of aliphatic hydroxyl groups excluding tert-OH is 1. The van der Waals surface area contributed by atoms with Crippen molar-refractivity contribution >= 4 is 17.4 Å². The van der Waals surface area contributed by atoms with Crippen LogP contribution in [-0.4, -0.2) is 28.4 Å². The molecule has 6 nitrogen and oxygen atoms in total. The van der Waals surface area contributed by atoms with Crippen molar-refractivity contribution in [3.8, 4) is 5.75 Å². The number of rotatable bonds is 4. The number of benzene rings is 1. The van der Waals surface area contributed by atoms with Crippen LogP contribution in [0.4, 0.5) is 0 Å². The van der Waals surface area contributed by atoms with Gasteiger partial charge >= 0.3 is 0 Å². The van der Waals surface area contributed by atoms with Crippen molar-refractivity contribution in [2.75, 3.05) is 6.61 Å². The fraction of sp³-hybridized carbons (Fsp3) is 0.167. The summed E-state index contributed by atoms with van der Waals surface area (Å²) in [5, 5.41) is 13.1. The van der Waals surface area contributed by atoms with Gasteiger partial charge in [0, 0.05) is 18.0 Å². The van der Waals surface area contributed by atoms with Gasteiger partial charge in [0.25, 0.3) is 11.7 Å². The Labute approximate surface area is 138 Å². The zero-order valence-corrected chi connectivity index (χ0v) is 13.0. The zero-order chi connectivity index (χ0) is 17.1. The molecule has 2 heterocycles. The number of hydrogen-bond donors (Lipinski definition) is 2. The van der Waals surface area contributed by atoms with Gasteiger partial charge < -0.3 is 15.2 Å². The molecule has 0 spiro atoms. The first-order valence-electron chi connectivity index (χ1n) is 7.53. The summed E-state index contributed by atoms with van der Waals surface area (Å²) >= 11 is 0. The number of Topliss-reactive ketones (excluding diaryl/α,β-unsaturated/α-hetero) is 1. The minimum absolute atomic E-state index is 0.0251. The maximum atomic E-state index is 12.2. The van der Waals surface area contributed by atoms with Crippen LogP contribution >= 0.6 is 0 Å². The van der Waals surface area contributed by atoms with Crippen LogP contribution in [0.15, 0.2) is 54.4 Å². The highest BCUT2D eigenvalue weighted by Crippen LogP contribution is 2.32. The molecular weight excluding hydrogens is 308 g/mol. The summed E-state index contributed by atoms with van der Waals surface area (Å²) in [6, 6.07) is 9.41. The Hall–Kier alpha value is -3.15. The lowest BCUT2D eigenvalue weighted by molar-refractivity contribution is -0.133. The van der Waals surface area contributed by atoms with Gasteiger partial charge in [0.05, 0.1) is 18.2 Å². The molecule has 1 saturated heterocycles. The lowest BCUT2D eigenvalue weighted by atomic mass is 9.97. The van der Waals surface area contributed by atoms with Crippen LogP contribution in [0.2, 0.25) is 0 Å². The van der Waals surface area contributed by atoms with Gasteiger partial charge in [0.2, 0.25) is 0 Å². The normalized spacial score (nSPS) is 19.1. The van der Waals surface area contributed by atoms with E-state index in [4.69, 9.17) is 4.74 Å². The van der Waals surface area contributed by atoms with Crippen LogP contribution in [0.1, 0.15) is 24.1 Å². The third kappa shape index (κ3) is 2.86. The van der Waals surface area contributed by atoms with Crippen molar-refractivity contribution < 1.29 is 19.4 Å². The Kier molecular flexibility index (Phi) is 4.29. The predicted molar refractivity (Wildman–Crippen MR) is 87.3 cm³/mol. The highest BCUT2D eigenvalue weighted by Gasteiger charge is 2.39. The van der Waals surface area contributed by atoms with E-state index in [1.165, 1.54) is 0 Å². The molecule has 1 aromatic heterocycles. The van der Waals surface area contributed by atoms with Crippen LogP contribution in [0, 0.1) is 0 Å². The van der Waals surface area contributed by atoms with Crippen molar-refractivity contribution in [1.82, 2.24) is 10.3 Å². The largest absolute Gasteiger partial charge is 0.507 e. The number of nitrogens with one attached hydrogen (secondary N) is 1. The van der Waals surface area contributed by atoms with Gasteiger partial charge in [-0.2, -0.15) is 0 Å². The molecule has 0 bridgehead atoms. The summed E-state index contributed by atoms with van der Waals surface area (Å²) in [4.78, 5) is 28.0. The molecule has 1 aliphatic heterocycles. The number of amides is 1. The van der Waals surface area contributed by atoms with E-state index < -0.39 is 17.7 Å². The molecule has 6 heteroatoms. The average molecular weight is 324 g/mol. The molecule has 1 aliphatic rings. The molecule has 24 heavy (non-hydrogen) atoms. The fourth-order valence-corrected chi connectivity index (χ4v) is 2.59. The van der Waals surface area contributed by atoms with Crippen LogP contribution in [0.5, 0.6) is 5.75 Å². The Bertz CT molecular complexity index is 798. The number of hydrogen-bond acceptors (Lipinski definition) is 5. The summed E-state index contributed by atoms with van der Waals surface area (Å²) in [5.74, 6) is -1.04. The first-order valence-corrected chi connectivity index (χ1v) is 7.53. The summed E-state index contributed by atoms with van der Waals surface area (Å²) in [6.07, 6.45) is 3.15. The van der Waals surface area contributed by atoms with E-state index in [1.54, 1.807) is 48.8 Å². The summed E-state index contributed by atoms with van der Waals surface area (Å²) in [6.45, 7) is 2.41. The smallest absolute Gasteiger partial charge is 0.293 e. The molecule has 1 fully saturated rings. The van der Waals surface area contributed by atoms with Crippen LogP contribution < -0.4 is 10.1 Å². The van der Waals surface area contributed by atoms with Crippen molar-refractivity contribution in [3.05, 3.63) is 65.5 Å². The highest BCUT2D eigenvalue weighted by atomic mass is 16.5. The lowest BCUT2D eigenvalue weighted by Crippen LogP contribution is -2.21. The second kappa shape index (κ2) is 6.54. The van der Waals surface area contributed by atoms with E-state index in [2.05, 4.69) is 10.3 Å². The topological polar surface area (TPSA) is 88.5 Å². The second-order valence-corrected chi connectivity index (χ2v) is 5.24. The van der Waals surface area contributed by atoms with Gasteiger partial charge in [0.15, 0.2) is 0 Å². The minimum Gasteiger partial charge on any atom is -0.507 e. The van der Waals surface area contributed by atoms with E-state index in [0.717, 1.165) is 0 Å². The maximum absolute atomic E-state index is 12.2. The second-order valence-electron chi connectivity index (χ2n) is 5.24. The highest BCUT2D eigenvalue weighted by molar-refractivity contribution is 6.46. The van der Waals surface area contributed by atoms with Crippen LogP contribution in [-0.2, 0) is 9.59 Å². The number of ketones is 1. The molecule has 2 aromatic rings. The van der Waals surface area contributed by atoms with Gasteiger partial charge in [0.1, 0.15) is 11.5 Å². The number of carbonyl (C=O) groups is 2. The van der Waals surface area contributed by atoms with E-state index in [0.29, 0.717) is 23.5 Å². The van der Waals surface area contributed by atoms with Crippen molar-refractivity contribution in [2.24, 2.45) is 0 Å². The SMILES string of the molecule is CCOc1ccc(C(O)=C2C(=O)C(=O)N[C@@H]2c2cccnc2)cc1. The third-order valence-electron chi connectivity index (χ3n) is 3.73. The van der Waals surface area contributed by atoms with Crippen molar-refractivity contribution in [2.45, 2.75) is 13.0 Å². The average Bonchev–Trinajstić information content (AvgIpc) is 2.91. The minimum atomic E-state index is -0.741. The Morgan fingerprint density at radius 3 is 2.62 bits per heavy atom. The number of pyridine rings is 1. The van der Waals surface area contributed by atoms with E-state index in [9.17, 15) is 14.7 Å². The zero-order valence-electron chi connectivity index (χ0n) is 13.0. The molecule has 2 N–H and O–H groups in total. The van der Waals surface area contributed by atoms with Gasteiger partial charge in [-0.1, -0.05) is 6.07 Å². The Morgan fingerprint density at radius 2 is 2.00 bits per heavy atom. The van der Waals surface area contributed by atoms with Gasteiger partial charge in [-0.3, -0.25) is 14.6 Å². The molecule has 0 unspecified atom stereocenters. The Balaban J connectivity index is 2.03. The first kappa shape index (κ1) is 15.7. The van der Waals surface area contributed by atoms with Gasteiger partial charge in [-0.05, 0) is 42.8 Å². The standard InChI is InChI=1S/C18H16N2O4/c1-2-24-13-7-5-11(6-8-13)16(21)14-15(20-18(23)17(14)22)12-4-3-9-19-10-12/h3-10,15,21H,2H2,1H3,(H,20,23)/t15-/m1/s1. The van der Waals surface area contributed by atoms with Crippen LogP contribution in [0.25, 0.3) is 5.76 Å². The Morgan fingerprint density at radius 1 is 1.25 bits per heavy atom. The predicted octanol–water partition coefficient (Wildman–Crippen LogP) is 2.19. The third-order valence-corrected chi connectivity index (χ3v) is 3.73. The molecule has 0 saturated carbocycles. The lowest BCUT2D eigenvalue weighted by Gasteiger charge is -2.13. The number of nitrogens with zero attached hydrogens (tertiary/aromatic N) is 1. The molecule has 122 valence electrons.